The number of rotatable bonds is 5. The van der Waals surface area contributed by atoms with Gasteiger partial charge >= 0.3 is 6.03 Å². The van der Waals surface area contributed by atoms with Crippen LogP contribution in [-0.2, 0) is 11.2 Å². The van der Waals surface area contributed by atoms with Crippen molar-refractivity contribution >= 4 is 23.7 Å². The van der Waals surface area contributed by atoms with Gasteiger partial charge in [0.2, 0.25) is 0 Å². The molecule has 1 spiro atoms. The van der Waals surface area contributed by atoms with Gasteiger partial charge in [-0.3, -0.25) is 14.6 Å². The highest BCUT2D eigenvalue weighted by molar-refractivity contribution is 7.99. The summed E-state index contributed by atoms with van der Waals surface area (Å²) in [7, 11) is 3.28. The minimum Gasteiger partial charge on any atom is -0.497 e. The minimum absolute atomic E-state index is 0.0207. The number of ether oxygens (including phenoxy) is 1. The maximum Gasteiger partial charge on any atom is 0.327 e. The molecule has 0 unspecified atom stereocenters. The lowest BCUT2D eigenvalue weighted by atomic mass is 9.85. The van der Waals surface area contributed by atoms with E-state index >= 15 is 0 Å². The number of likely N-dealkylation sites (tertiary alicyclic amines) is 1. The van der Waals surface area contributed by atoms with Gasteiger partial charge in [-0.1, -0.05) is 12.1 Å². The van der Waals surface area contributed by atoms with Crippen molar-refractivity contribution < 1.29 is 14.3 Å². The fraction of sp³-hybridized carbons (Fsp3) is 0.619. The molecular formula is C21H29N3O3S. The van der Waals surface area contributed by atoms with Gasteiger partial charge in [-0.2, -0.15) is 11.8 Å². The quantitative estimate of drug-likeness (QED) is 0.707. The summed E-state index contributed by atoms with van der Waals surface area (Å²) >= 11 is 2.02. The molecule has 0 bridgehead atoms. The number of likely N-dealkylation sites (N-methyl/N-ethyl adjacent to an activating group) is 1. The number of nitrogens with zero attached hydrogens (tertiary/aromatic N) is 3. The lowest BCUT2D eigenvalue weighted by Crippen LogP contribution is -2.58. The van der Waals surface area contributed by atoms with Crippen molar-refractivity contribution in [3.05, 3.63) is 29.8 Å². The summed E-state index contributed by atoms with van der Waals surface area (Å²) in [4.78, 5) is 31.6. The zero-order valence-corrected chi connectivity index (χ0v) is 17.5. The Hall–Kier alpha value is -1.73. The predicted molar refractivity (Wildman–Crippen MR) is 111 cm³/mol. The number of imide groups is 1. The van der Waals surface area contributed by atoms with Crippen LogP contribution in [0.3, 0.4) is 0 Å². The molecule has 0 radical (unpaired) electrons. The maximum atomic E-state index is 13.1. The number of urea groups is 1. The molecule has 7 heteroatoms. The molecule has 3 saturated heterocycles. The largest absolute Gasteiger partial charge is 0.497 e. The Kier molecular flexibility index (Phi) is 5.56. The molecule has 152 valence electrons. The lowest BCUT2D eigenvalue weighted by molar-refractivity contribution is -0.135. The zero-order chi connectivity index (χ0) is 19.7. The summed E-state index contributed by atoms with van der Waals surface area (Å²) in [5.41, 5.74) is 0.492. The highest BCUT2D eigenvalue weighted by atomic mass is 32.2. The summed E-state index contributed by atoms with van der Waals surface area (Å²) in [6.07, 6.45) is 3.46. The number of piperidine rings is 1. The standard InChI is InChI=1S/C21H29N3O3S/c1-22-19(25)21(9-12-23(13-10-21)17-8-14-28-15-17)24(20(22)26)11-7-16-3-5-18(27-2)6-4-16/h3-6,17H,7-15H2,1-2H3/t17-/m1/s1. The van der Waals surface area contributed by atoms with Gasteiger partial charge in [0, 0.05) is 38.5 Å². The van der Waals surface area contributed by atoms with Crippen LogP contribution < -0.4 is 4.74 Å². The van der Waals surface area contributed by atoms with E-state index in [2.05, 4.69) is 4.90 Å². The highest BCUT2D eigenvalue weighted by Crippen LogP contribution is 2.38. The van der Waals surface area contributed by atoms with Crippen LogP contribution in [0.15, 0.2) is 24.3 Å². The minimum atomic E-state index is -0.652. The van der Waals surface area contributed by atoms with Crippen LogP contribution in [-0.4, -0.2) is 83.5 Å². The molecule has 3 fully saturated rings. The van der Waals surface area contributed by atoms with E-state index < -0.39 is 5.54 Å². The van der Waals surface area contributed by atoms with Crippen molar-refractivity contribution in [2.45, 2.75) is 37.3 Å². The molecule has 0 aliphatic carbocycles. The van der Waals surface area contributed by atoms with Crippen LogP contribution in [0, 0.1) is 0 Å². The van der Waals surface area contributed by atoms with E-state index in [1.54, 1.807) is 14.2 Å². The molecule has 4 rings (SSSR count). The van der Waals surface area contributed by atoms with E-state index in [9.17, 15) is 9.59 Å². The monoisotopic (exact) mass is 403 g/mol. The van der Waals surface area contributed by atoms with Gasteiger partial charge < -0.3 is 9.64 Å². The van der Waals surface area contributed by atoms with Gasteiger partial charge in [-0.25, -0.2) is 4.79 Å². The number of carbonyl (C=O) groups excluding carboxylic acids is 2. The number of thioether (sulfide) groups is 1. The number of amides is 3. The number of hydrogen-bond acceptors (Lipinski definition) is 5. The maximum absolute atomic E-state index is 13.1. The first kappa shape index (κ1) is 19.6. The third-order valence-electron chi connectivity index (χ3n) is 6.57. The van der Waals surface area contributed by atoms with Crippen LogP contribution in [0.1, 0.15) is 24.8 Å². The van der Waals surface area contributed by atoms with Crippen molar-refractivity contribution in [3.63, 3.8) is 0 Å². The zero-order valence-electron chi connectivity index (χ0n) is 16.7. The molecule has 1 aromatic carbocycles. The van der Waals surface area contributed by atoms with Gasteiger partial charge in [0.25, 0.3) is 5.91 Å². The van der Waals surface area contributed by atoms with Gasteiger partial charge in [-0.15, -0.1) is 0 Å². The molecular weight excluding hydrogens is 374 g/mol. The molecule has 1 aromatic rings. The molecule has 0 saturated carbocycles. The van der Waals surface area contributed by atoms with Gasteiger partial charge in [0.05, 0.1) is 7.11 Å². The summed E-state index contributed by atoms with van der Waals surface area (Å²) in [5, 5.41) is 0. The smallest absolute Gasteiger partial charge is 0.327 e. The molecule has 0 N–H and O–H groups in total. The fourth-order valence-electron chi connectivity index (χ4n) is 4.77. The van der Waals surface area contributed by atoms with Crippen LogP contribution in [0.5, 0.6) is 5.75 Å². The van der Waals surface area contributed by atoms with E-state index in [1.165, 1.54) is 22.8 Å². The SMILES string of the molecule is COc1ccc(CCN2C(=O)N(C)C(=O)C23CCN([C@@H]2CCSC2)CC3)cc1. The van der Waals surface area contributed by atoms with E-state index in [-0.39, 0.29) is 11.9 Å². The molecule has 3 heterocycles. The molecule has 1 atom stereocenters. The Bertz CT molecular complexity index is 725. The van der Waals surface area contributed by atoms with Crippen LogP contribution >= 0.6 is 11.8 Å². The number of carbonyl (C=O) groups is 2. The summed E-state index contributed by atoms with van der Waals surface area (Å²) in [6.45, 7) is 2.37. The van der Waals surface area contributed by atoms with E-state index in [0.717, 1.165) is 43.7 Å². The number of methoxy groups -OCH3 is 1. The normalized spacial score (nSPS) is 25.1. The first-order chi connectivity index (χ1) is 13.5. The van der Waals surface area contributed by atoms with Gasteiger partial charge in [0.1, 0.15) is 11.3 Å². The number of benzene rings is 1. The second-order valence-electron chi connectivity index (χ2n) is 7.98. The Morgan fingerprint density at radius 2 is 1.89 bits per heavy atom. The molecule has 0 aromatic heterocycles. The van der Waals surface area contributed by atoms with Crippen molar-refractivity contribution in [3.8, 4) is 5.75 Å². The Morgan fingerprint density at radius 1 is 1.18 bits per heavy atom. The summed E-state index contributed by atoms with van der Waals surface area (Å²) in [6, 6.07) is 8.41. The van der Waals surface area contributed by atoms with Crippen molar-refractivity contribution in [2.24, 2.45) is 0 Å². The highest BCUT2D eigenvalue weighted by Gasteiger charge is 2.56. The van der Waals surface area contributed by atoms with Crippen molar-refractivity contribution in [2.75, 3.05) is 45.3 Å². The number of hydrogen-bond donors (Lipinski definition) is 0. The molecule has 3 aliphatic rings. The Labute approximate surface area is 171 Å². The first-order valence-electron chi connectivity index (χ1n) is 10.1. The van der Waals surface area contributed by atoms with Gasteiger partial charge in [0.15, 0.2) is 0 Å². The molecule has 6 nitrogen and oxygen atoms in total. The van der Waals surface area contributed by atoms with E-state index in [4.69, 9.17) is 4.74 Å². The van der Waals surface area contributed by atoms with Crippen molar-refractivity contribution in [1.29, 1.82) is 0 Å². The predicted octanol–water partition coefficient (Wildman–Crippen LogP) is 2.47. The van der Waals surface area contributed by atoms with Crippen LogP contribution in [0.25, 0.3) is 0 Å². The second-order valence-corrected chi connectivity index (χ2v) is 9.13. The third kappa shape index (κ3) is 3.39. The average molecular weight is 404 g/mol. The first-order valence-corrected chi connectivity index (χ1v) is 11.2. The lowest BCUT2D eigenvalue weighted by Gasteiger charge is -2.44. The second kappa shape index (κ2) is 7.95. The Balaban J connectivity index is 1.46. The van der Waals surface area contributed by atoms with Crippen molar-refractivity contribution in [1.82, 2.24) is 14.7 Å². The topological polar surface area (TPSA) is 53.1 Å². The van der Waals surface area contributed by atoms with Crippen LogP contribution in [0.2, 0.25) is 0 Å². The summed E-state index contributed by atoms with van der Waals surface area (Å²) < 4.78 is 5.21. The van der Waals surface area contributed by atoms with E-state index in [0.29, 0.717) is 12.6 Å². The molecule has 3 aliphatic heterocycles. The summed E-state index contributed by atoms with van der Waals surface area (Å²) in [5.74, 6) is 3.24. The third-order valence-corrected chi connectivity index (χ3v) is 7.71. The molecule has 3 amide bonds. The molecule has 28 heavy (non-hydrogen) atoms. The Morgan fingerprint density at radius 3 is 2.50 bits per heavy atom. The average Bonchev–Trinajstić information content (AvgIpc) is 3.32. The van der Waals surface area contributed by atoms with Gasteiger partial charge in [-0.05, 0) is 49.1 Å². The van der Waals surface area contributed by atoms with Crippen LogP contribution in [0.4, 0.5) is 4.79 Å². The van der Waals surface area contributed by atoms with E-state index in [1.807, 2.05) is 40.9 Å². The fourth-order valence-corrected chi connectivity index (χ4v) is 6.03.